The van der Waals surface area contributed by atoms with Crippen molar-refractivity contribution in [1.82, 2.24) is 4.98 Å². The third kappa shape index (κ3) is 3.14. The molecule has 0 atom stereocenters. The van der Waals surface area contributed by atoms with Gasteiger partial charge in [0.2, 0.25) is 0 Å². The van der Waals surface area contributed by atoms with E-state index < -0.39 is 0 Å². The van der Waals surface area contributed by atoms with Crippen LogP contribution < -0.4 is 9.64 Å². The Balaban J connectivity index is 1.26. The maximum atomic E-state index is 12.6. The topological polar surface area (TPSA) is 42.4 Å². The number of hydrogen-bond donors (Lipinski definition) is 0. The summed E-state index contributed by atoms with van der Waals surface area (Å²) in [6.45, 7) is 0.757. The minimum absolute atomic E-state index is 0.0137. The zero-order chi connectivity index (χ0) is 18.9. The van der Waals surface area contributed by atoms with Gasteiger partial charge in [-0.25, -0.2) is 4.98 Å². The highest BCUT2D eigenvalue weighted by Crippen LogP contribution is 2.31. The molecule has 1 aromatic heterocycles. The fourth-order valence-corrected chi connectivity index (χ4v) is 4.48. The molecule has 0 aliphatic carbocycles. The van der Waals surface area contributed by atoms with Gasteiger partial charge in [-0.2, -0.15) is 0 Å². The van der Waals surface area contributed by atoms with Crippen LogP contribution in [-0.4, -0.2) is 24.0 Å². The summed E-state index contributed by atoms with van der Waals surface area (Å²) < 4.78 is 6.91. The number of thiazole rings is 1. The molecule has 0 N–H and O–H groups in total. The van der Waals surface area contributed by atoms with Crippen molar-refractivity contribution in [3.63, 3.8) is 0 Å². The molecular weight excluding hydrogens is 368 g/mol. The minimum atomic E-state index is -0.0137. The van der Waals surface area contributed by atoms with Gasteiger partial charge in [-0.1, -0.05) is 30.3 Å². The Morgan fingerprint density at radius 2 is 1.79 bits per heavy atom. The van der Waals surface area contributed by atoms with Crippen LogP contribution in [-0.2, 0) is 11.2 Å². The summed E-state index contributed by atoms with van der Waals surface area (Å²) >= 11 is 1.67. The summed E-state index contributed by atoms with van der Waals surface area (Å²) in [5.41, 5.74) is 4.28. The number of anilines is 1. The molecule has 0 fully saturated rings. The van der Waals surface area contributed by atoms with Crippen molar-refractivity contribution in [1.29, 1.82) is 0 Å². The molecule has 0 bridgehead atoms. The van der Waals surface area contributed by atoms with Gasteiger partial charge in [-0.05, 0) is 54.4 Å². The van der Waals surface area contributed by atoms with Crippen molar-refractivity contribution in [3.8, 4) is 16.3 Å². The van der Waals surface area contributed by atoms with Crippen LogP contribution >= 0.6 is 11.3 Å². The normalized spacial score (nSPS) is 12.9. The Bertz CT molecular complexity index is 1120. The third-order valence-corrected chi connectivity index (χ3v) is 6.03. The molecule has 4 nitrogen and oxygen atoms in total. The second kappa shape index (κ2) is 7.09. The highest BCUT2D eigenvalue weighted by Gasteiger charge is 2.24. The quantitative estimate of drug-likeness (QED) is 0.499. The number of ether oxygens (including phenoxy) is 1. The summed E-state index contributed by atoms with van der Waals surface area (Å²) in [4.78, 5) is 19.0. The third-order valence-electron chi connectivity index (χ3n) is 4.95. The lowest BCUT2D eigenvalue weighted by Crippen LogP contribution is -2.33. The number of rotatable bonds is 4. The van der Waals surface area contributed by atoms with Crippen LogP contribution in [0.4, 0.5) is 5.69 Å². The van der Waals surface area contributed by atoms with E-state index >= 15 is 0 Å². The van der Waals surface area contributed by atoms with Gasteiger partial charge in [0.1, 0.15) is 10.8 Å². The number of aromatic nitrogens is 1. The number of carbonyl (C=O) groups is 1. The molecule has 1 amide bonds. The van der Waals surface area contributed by atoms with E-state index in [2.05, 4.69) is 17.1 Å². The van der Waals surface area contributed by atoms with E-state index in [1.165, 1.54) is 10.3 Å². The Labute approximate surface area is 167 Å². The monoisotopic (exact) mass is 386 g/mol. The second-order valence-electron chi connectivity index (χ2n) is 6.72. The van der Waals surface area contributed by atoms with Gasteiger partial charge in [0.25, 0.3) is 5.91 Å². The van der Waals surface area contributed by atoms with Crippen molar-refractivity contribution in [2.75, 3.05) is 18.1 Å². The van der Waals surface area contributed by atoms with Crippen LogP contribution in [0.1, 0.15) is 5.56 Å². The van der Waals surface area contributed by atoms with Gasteiger partial charge >= 0.3 is 0 Å². The van der Waals surface area contributed by atoms with E-state index in [-0.39, 0.29) is 12.5 Å². The first kappa shape index (κ1) is 17.0. The highest BCUT2D eigenvalue weighted by atomic mass is 32.1. The predicted octanol–water partition coefficient (Wildman–Crippen LogP) is 4.93. The average Bonchev–Trinajstić information content (AvgIpc) is 3.36. The lowest BCUT2D eigenvalue weighted by molar-refractivity contribution is -0.120. The molecule has 5 rings (SSSR count). The van der Waals surface area contributed by atoms with Gasteiger partial charge in [0.05, 0.1) is 10.2 Å². The van der Waals surface area contributed by atoms with E-state index in [0.29, 0.717) is 5.75 Å². The van der Waals surface area contributed by atoms with Crippen molar-refractivity contribution in [2.24, 2.45) is 0 Å². The van der Waals surface area contributed by atoms with Gasteiger partial charge < -0.3 is 9.64 Å². The van der Waals surface area contributed by atoms with Gasteiger partial charge in [0.15, 0.2) is 6.61 Å². The SMILES string of the molecule is O=C(COc1ccc(-c2nc3ccccc3s2)cc1)N1CCc2ccccc21. The molecule has 0 saturated heterocycles. The maximum absolute atomic E-state index is 12.6. The van der Waals surface area contributed by atoms with Crippen LogP contribution in [0.5, 0.6) is 5.75 Å². The molecule has 4 aromatic rings. The number of nitrogens with zero attached hydrogens (tertiary/aromatic N) is 2. The molecule has 138 valence electrons. The second-order valence-corrected chi connectivity index (χ2v) is 7.75. The number of hydrogen-bond acceptors (Lipinski definition) is 4. The van der Waals surface area contributed by atoms with Crippen molar-refractivity contribution in [2.45, 2.75) is 6.42 Å². The van der Waals surface area contributed by atoms with Gasteiger partial charge in [-0.15, -0.1) is 11.3 Å². The van der Waals surface area contributed by atoms with Gasteiger partial charge in [0, 0.05) is 17.8 Å². The summed E-state index contributed by atoms with van der Waals surface area (Å²) in [7, 11) is 0. The minimum Gasteiger partial charge on any atom is -0.484 e. The molecule has 28 heavy (non-hydrogen) atoms. The first-order valence-corrected chi connectivity index (χ1v) is 10.1. The smallest absolute Gasteiger partial charge is 0.264 e. The number of fused-ring (bicyclic) bond motifs is 2. The molecule has 1 aliphatic rings. The Kier molecular flexibility index (Phi) is 4.29. The van der Waals surface area contributed by atoms with Gasteiger partial charge in [-0.3, -0.25) is 4.79 Å². The molecule has 0 saturated carbocycles. The average molecular weight is 386 g/mol. The maximum Gasteiger partial charge on any atom is 0.264 e. The lowest BCUT2D eigenvalue weighted by Gasteiger charge is -2.17. The summed E-state index contributed by atoms with van der Waals surface area (Å²) in [5, 5.41) is 0.984. The first-order chi connectivity index (χ1) is 13.8. The molecule has 0 spiro atoms. The first-order valence-electron chi connectivity index (χ1n) is 9.25. The van der Waals surface area contributed by atoms with Crippen molar-refractivity contribution >= 4 is 33.1 Å². The number of para-hydroxylation sites is 2. The molecule has 5 heteroatoms. The van der Waals surface area contributed by atoms with Crippen LogP contribution in [0.15, 0.2) is 72.8 Å². The summed E-state index contributed by atoms with van der Waals surface area (Å²) in [5.74, 6) is 0.672. The van der Waals surface area contributed by atoms with Crippen molar-refractivity contribution in [3.05, 3.63) is 78.4 Å². The highest BCUT2D eigenvalue weighted by molar-refractivity contribution is 7.21. The number of benzene rings is 3. The molecule has 3 aromatic carbocycles. The number of amides is 1. The standard InChI is InChI=1S/C23H18N2O2S/c26-22(25-14-13-16-5-1-3-7-20(16)25)15-27-18-11-9-17(10-12-18)23-24-19-6-2-4-8-21(19)28-23/h1-12H,13-15H2. The van der Waals surface area contributed by atoms with E-state index in [9.17, 15) is 4.79 Å². The molecule has 1 aliphatic heterocycles. The van der Waals surface area contributed by atoms with Crippen LogP contribution in [0.3, 0.4) is 0 Å². The molecule has 0 unspecified atom stereocenters. The van der Waals surface area contributed by atoms with Crippen LogP contribution in [0.25, 0.3) is 20.8 Å². The Hall–Kier alpha value is -3.18. The largest absolute Gasteiger partial charge is 0.484 e. The zero-order valence-corrected chi connectivity index (χ0v) is 16.0. The summed E-state index contributed by atoms with van der Waals surface area (Å²) in [6.07, 6.45) is 0.902. The number of carbonyl (C=O) groups excluding carboxylic acids is 1. The summed E-state index contributed by atoms with van der Waals surface area (Å²) in [6, 6.07) is 23.9. The fourth-order valence-electron chi connectivity index (χ4n) is 3.51. The van der Waals surface area contributed by atoms with E-state index in [0.717, 1.165) is 34.7 Å². The fraction of sp³-hybridized carbons (Fsp3) is 0.130. The van der Waals surface area contributed by atoms with Crippen LogP contribution in [0.2, 0.25) is 0 Å². The van der Waals surface area contributed by atoms with E-state index in [1.54, 1.807) is 11.3 Å². The van der Waals surface area contributed by atoms with Crippen molar-refractivity contribution < 1.29 is 9.53 Å². The lowest BCUT2D eigenvalue weighted by atomic mass is 10.2. The van der Waals surface area contributed by atoms with E-state index in [1.807, 2.05) is 65.6 Å². The van der Waals surface area contributed by atoms with E-state index in [4.69, 9.17) is 4.74 Å². The van der Waals surface area contributed by atoms with Crippen LogP contribution in [0, 0.1) is 0 Å². The zero-order valence-electron chi connectivity index (χ0n) is 15.2. The molecule has 0 radical (unpaired) electrons. The molecule has 2 heterocycles. The Morgan fingerprint density at radius 1 is 1.00 bits per heavy atom. The Morgan fingerprint density at radius 3 is 2.64 bits per heavy atom. The molecular formula is C23H18N2O2S. The predicted molar refractivity (Wildman–Crippen MR) is 113 cm³/mol.